The molecule has 0 radical (unpaired) electrons. The minimum atomic E-state index is 0.151. The Hall–Kier alpha value is -1.58. The summed E-state index contributed by atoms with van der Waals surface area (Å²) < 4.78 is 11.5. The highest BCUT2D eigenvalue weighted by molar-refractivity contribution is 5.88. The van der Waals surface area contributed by atoms with Crippen LogP contribution >= 0.6 is 0 Å². The van der Waals surface area contributed by atoms with Crippen molar-refractivity contribution in [3.63, 3.8) is 0 Å². The van der Waals surface area contributed by atoms with Crippen LogP contribution in [-0.4, -0.2) is 32.4 Å². The monoisotopic (exact) mass is 243 g/mol. The zero-order chi connectivity index (χ0) is 12.2. The molecular formula is C15H17NO2. The number of hydrogen-bond acceptors (Lipinski definition) is 3. The molecule has 1 atom stereocenters. The summed E-state index contributed by atoms with van der Waals surface area (Å²) in [5.74, 6) is 0.933. The Morgan fingerprint density at radius 2 is 2.06 bits per heavy atom. The van der Waals surface area contributed by atoms with E-state index in [4.69, 9.17) is 9.47 Å². The van der Waals surface area contributed by atoms with Crippen molar-refractivity contribution in [2.75, 3.05) is 26.3 Å². The molecule has 1 unspecified atom stereocenters. The maximum atomic E-state index is 5.89. The van der Waals surface area contributed by atoms with Crippen LogP contribution in [0.15, 0.2) is 42.5 Å². The average molecular weight is 243 g/mol. The number of hydrogen-bond donors (Lipinski definition) is 1. The van der Waals surface area contributed by atoms with Crippen molar-refractivity contribution >= 4 is 10.8 Å². The highest BCUT2D eigenvalue weighted by Gasteiger charge is 2.14. The minimum Gasteiger partial charge on any atom is -0.490 e. The predicted molar refractivity (Wildman–Crippen MR) is 72.1 cm³/mol. The van der Waals surface area contributed by atoms with Gasteiger partial charge < -0.3 is 14.8 Å². The van der Waals surface area contributed by atoms with Gasteiger partial charge in [-0.1, -0.05) is 36.4 Å². The summed E-state index contributed by atoms with van der Waals surface area (Å²) >= 11 is 0. The van der Waals surface area contributed by atoms with Crippen molar-refractivity contribution in [2.24, 2.45) is 0 Å². The Balaban J connectivity index is 1.74. The highest BCUT2D eigenvalue weighted by atomic mass is 16.5. The number of rotatable bonds is 3. The lowest BCUT2D eigenvalue weighted by Crippen LogP contribution is -2.41. The number of ether oxygens (including phenoxy) is 2. The van der Waals surface area contributed by atoms with Gasteiger partial charge in [-0.3, -0.25) is 0 Å². The molecule has 0 aliphatic carbocycles. The van der Waals surface area contributed by atoms with Gasteiger partial charge in [0.15, 0.2) is 0 Å². The van der Waals surface area contributed by atoms with Gasteiger partial charge in [0.05, 0.1) is 6.61 Å². The third-order valence-corrected chi connectivity index (χ3v) is 3.18. The molecule has 1 fully saturated rings. The molecule has 0 amide bonds. The smallest absolute Gasteiger partial charge is 0.127 e. The number of benzene rings is 2. The molecule has 0 aromatic heterocycles. The first-order valence-corrected chi connectivity index (χ1v) is 6.36. The van der Waals surface area contributed by atoms with Crippen molar-refractivity contribution < 1.29 is 9.47 Å². The molecule has 2 aromatic carbocycles. The maximum Gasteiger partial charge on any atom is 0.127 e. The van der Waals surface area contributed by atoms with E-state index >= 15 is 0 Å². The predicted octanol–water partition coefficient (Wildman–Crippen LogP) is 2.21. The lowest BCUT2D eigenvalue weighted by molar-refractivity contribution is 0.000513. The molecule has 3 rings (SSSR count). The van der Waals surface area contributed by atoms with Crippen LogP contribution in [-0.2, 0) is 4.74 Å². The lowest BCUT2D eigenvalue weighted by Gasteiger charge is -2.23. The first kappa shape index (κ1) is 11.5. The van der Waals surface area contributed by atoms with Gasteiger partial charge in [0.25, 0.3) is 0 Å². The Morgan fingerprint density at radius 1 is 1.17 bits per heavy atom. The van der Waals surface area contributed by atoms with Crippen molar-refractivity contribution in [3.05, 3.63) is 42.5 Å². The molecule has 1 heterocycles. The van der Waals surface area contributed by atoms with E-state index in [0.717, 1.165) is 30.8 Å². The van der Waals surface area contributed by atoms with E-state index in [1.54, 1.807) is 0 Å². The van der Waals surface area contributed by atoms with Crippen LogP contribution in [0.25, 0.3) is 10.8 Å². The Labute approximate surface area is 107 Å². The van der Waals surface area contributed by atoms with Gasteiger partial charge >= 0.3 is 0 Å². The molecule has 1 aliphatic rings. The molecule has 0 spiro atoms. The highest BCUT2D eigenvalue weighted by Crippen LogP contribution is 2.25. The number of morpholine rings is 1. The van der Waals surface area contributed by atoms with Crippen molar-refractivity contribution in [3.8, 4) is 5.75 Å². The Bertz CT molecular complexity index is 515. The average Bonchev–Trinajstić information content (AvgIpc) is 2.46. The molecule has 1 aliphatic heterocycles. The molecule has 3 heteroatoms. The van der Waals surface area contributed by atoms with E-state index < -0.39 is 0 Å². The topological polar surface area (TPSA) is 30.5 Å². The maximum absolute atomic E-state index is 5.89. The second-order valence-electron chi connectivity index (χ2n) is 4.49. The van der Waals surface area contributed by atoms with Gasteiger partial charge in [-0.2, -0.15) is 0 Å². The van der Waals surface area contributed by atoms with Crippen LogP contribution in [0.2, 0.25) is 0 Å². The summed E-state index contributed by atoms with van der Waals surface area (Å²) in [5.41, 5.74) is 0. The standard InChI is InChI=1S/C15H17NO2/c1-2-6-14-12(4-1)5-3-7-15(14)18-11-13-10-16-8-9-17-13/h1-7,13,16H,8-11H2. The molecule has 2 aromatic rings. The SMILES string of the molecule is c1ccc2c(OCC3CNCCO3)cccc2c1. The summed E-state index contributed by atoms with van der Waals surface area (Å²) in [6, 6.07) is 14.4. The van der Waals surface area contributed by atoms with E-state index in [2.05, 4.69) is 23.5 Å². The van der Waals surface area contributed by atoms with E-state index in [9.17, 15) is 0 Å². The Kier molecular flexibility index (Phi) is 3.44. The van der Waals surface area contributed by atoms with Gasteiger partial charge in [-0.15, -0.1) is 0 Å². The van der Waals surface area contributed by atoms with Gasteiger partial charge in [0.2, 0.25) is 0 Å². The minimum absolute atomic E-state index is 0.151. The summed E-state index contributed by atoms with van der Waals surface area (Å²) in [6.45, 7) is 3.17. The van der Waals surface area contributed by atoms with E-state index in [1.807, 2.05) is 24.3 Å². The second kappa shape index (κ2) is 5.38. The molecule has 0 saturated carbocycles. The molecule has 18 heavy (non-hydrogen) atoms. The lowest BCUT2D eigenvalue weighted by atomic mass is 10.1. The zero-order valence-corrected chi connectivity index (χ0v) is 10.3. The summed E-state index contributed by atoms with van der Waals surface area (Å²) in [6.07, 6.45) is 0.151. The second-order valence-corrected chi connectivity index (χ2v) is 4.49. The van der Waals surface area contributed by atoms with Gasteiger partial charge in [0, 0.05) is 18.5 Å². The van der Waals surface area contributed by atoms with Gasteiger partial charge in [0.1, 0.15) is 18.5 Å². The van der Waals surface area contributed by atoms with Crippen molar-refractivity contribution in [1.82, 2.24) is 5.32 Å². The molecule has 0 bridgehead atoms. The van der Waals surface area contributed by atoms with Crippen LogP contribution in [0.3, 0.4) is 0 Å². The van der Waals surface area contributed by atoms with Crippen LogP contribution in [0, 0.1) is 0 Å². The summed E-state index contributed by atoms with van der Waals surface area (Å²) in [4.78, 5) is 0. The quantitative estimate of drug-likeness (QED) is 0.896. The molecule has 3 nitrogen and oxygen atoms in total. The van der Waals surface area contributed by atoms with Crippen LogP contribution in [0.5, 0.6) is 5.75 Å². The first-order valence-electron chi connectivity index (χ1n) is 6.36. The van der Waals surface area contributed by atoms with Crippen molar-refractivity contribution in [1.29, 1.82) is 0 Å². The van der Waals surface area contributed by atoms with E-state index in [-0.39, 0.29) is 6.10 Å². The third-order valence-electron chi connectivity index (χ3n) is 3.18. The van der Waals surface area contributed by atoms with Crippen LogP contribution in [0.4, 0.5) is 0 Å². The molecule has 94 valence electrons. The fourth-order valence-electron chi connectivity index (χ4n) is 2.23. The third kappa shape index (κ3) is 2.47. The van der Waals surface area contributed by atoms with Crippen LogP contribution < -0.4 is 10.1 Å². The van der Waals surface area contributed by atoms with Crippen molar-refractivity contribution in [2.45, 2.75) is 6.10 Å². The molecular weight excluding hydrogens is 226 g/mol. The largest absolute Gasteiger partial charge is 0.490 e. The van der Waals surface area contributed by atoms with Gasteiger partial charge in [-0.05, 0) is 11.5 Å². The fourth-order valence-corrected chi connectivity index (χ4v) is 2.23. The molecule has 1 saturated heterocycles. The van der Waals surface area contributed by atoms with Gasteiger partial charge in [-0.25, -0.2) is 0 Å². The normalized spacial score (nSPS) is 19.9. The van der Waals surface area contributed by atoms with E-state index in [1.165, 1.54) is 5.39 Å². The summed E-state index contributed by atoms with van der Waals surface area (Å²) in [7, 11) is 0. The summed E-state index contributed by atoms with van der Waals surface area (Å²) in [5, 5.41) is 5.67. The van der Waals surface area contributed by atoms with Crippen LogP contribution in [0.1, 0.15) is 0 Å². The Morgan fingerprint density at radius 3 is 2.94 bits per heavy atom. The van der Waals surface area contributed by atoms with E-state index in [0.29, 0.717) is 6.61 Å². The zero-order valence-electron chi connectivity index (χ0n) is 10.3. The molecule has 1 N–H and O–H groups in total. The number of nitrogens with one attached hydrogen (secondary N) is 1. The first-order chi connectivity index (χ1) is 8.93. The fraction of sp³-hybridized carbons (Fsp3) is 0.333. The number of fused-ring (bicyclic) bond motifs is 1.